The van der Waals surface area contributed by atoms with Gasteiger partial charge in [0, 0.05) is 5.56 Å². The van der Waals surface area contributed by atoms with Gasteiger partial charge >= 0.3 is 0 Å². The number of hydrazone groups is 1. The van der Waals surface area contributed by atoms with E-state index in [2.05, 4.69) is 16.4 Å². The lowest BCUT2D eigenvalue weighted by atomic mass is 10.1. The van der Waals surface area contributed by atoms with Crippen molar-refractivity contribution in [2.75, 3.05) is 6.61 Å². The quantitative estimate of drug-likeness (QED) is 0.486. The Balaban J connectivity index is 1.99. The molecule has 0 aliphatic heterocycles. The minimum absolute atomic E-state index is 0.143. The largest absolute Gasteiger partial charge is 0.480 e. The molecule has 0 spiro atoms. The molecule has 0 unspecified atom stereocenters. The van der Waals surface area contributed by atoms with E-state index in [9.17, 15) is 9.90 Å². The number of terminal acetylenes is 1. The Hall–Kier alpha value is -3.10. The predicted molar refractivity (Wildman–Crippen MR) is 87.9 cm³/mol. The van der Waals surface area contributed by atoms with Crippen molar-refractivity contribution in [3.05, 3.63) is 65.7 Å². The van der Waals surface area contributed by atoms with E-state index in [-0.39, 0.29) is 6.61 Å². The van der Waals surface area contributed by atoms with Crippen molar-refractivity contribution in [2.45, 2.75) is 6.10 Å². The lowest BCUT2D eigenvalue weighted by Gasteiger charge is -2.09. The molecule has 0 bridgehead atoms. The molecule has 0 saturated carbocycles. The van der Waals surface area contributed by atoms with E-state index < -0.39 is 12.0 Å². The molecule has 2 N–H and O–H groups in total. The van der Waals surface area contributed by atoms with Gasteiger partial charge in [-0.3, -0.25) is 4.79 Å². The van der Waals surface area contributed by atoms with Gasteiger partial charge in [0.1, 0.15) is 12.4 Å². The number of para-hydroxylation sites is 1. The van der Waals surface area contributed by atoms with Gasteiger partial charge in [0.05, 0.1) is 6.21 Å². The third-order valence-electron chi connectivity index (χ3n) is 2.97. The van der Waals surface area contributed by atoms with E-state index in [1.807, 2.05) is 6.07 Å². The first-order valence-corrected chi connectivity index (χ1v) is 6.93. The second kappa shape index (κ2) is 8.37. The van der Waals surface area contributed by atoms with Crippen LogP contribution < -0.4 is 10.2 Å². The highest BCUT2D eigenvalue weighted by Gasteiger charge is 2.15. The molecule has 0 aliphatic carbocycles. The Labute approximate surface area is 134 Å². The number of hydrogen-bond acceptors (Lipinski definition) is 4. The molecule has 1 atom stereocenters. The number of ether oxygens (including phenoxy) is 1. The Kier molecular flexibility index (Phi) is 5.92. The average molecular weight is 308 g/mol. The molecule has 0 saturated heterocycles. The highest BCUT2D eigenvalue weighted by Crippen LogP contribution is 2.15. The molecule has 116 valence electrons. The van der Waals surface area contributed by atoms with Crippen molar-refractivity contribution in [3.8, 4) is 18.1 Å². The number of carbonyl (C=O) groups excluding carboxylic acids is 1. The summed E-state index contributed by atoms with van der Waals surface area (Å²) in [7, 11) is 0. The molecule has 5 heteroatoms. The van der Waals surface area contributed by atoms with Crippen LogP contribution in [0.25, 0.3) is 0 Å². The molecule has 2 aromatic carbocycles. The summed E-state index contributed by atoms with van der Waals surface area (Å²) in [4.78, 5) is 11.9. The van der Waals surface area contributed by atoms with E-state index in [0.29, 0.717) is 16.9 Å². The molecular weight excluding hydrogens is 292 g/mol. The topological polar surface area (TPSA) is 70.9 Å². The molecule has 0 fully saturated rings. The van der Waals surface area contributed by atoms with Crippen LogP contribution in [-0.2, 0) is 4.79 Å². The van der Waals surface area contributed by atoms with Crippen molar-refractivity contribution in [2.24, 2.45) is 5.10 Å². The highest BCUT2D eigenvalue weighted by molar-refractivity contribution is 5.86. The summed E-state index contributed by atoms with van der Waals surface area (Å²) in [5.41, 5.74) is 3.46. The van der Waals surface area contributed by atoms with E-state index >= 15 is 0 Å². The summed E-state index contributed by atoms with van der Waals surface area (Å²) in [5.74, 6) is 2.33. The summed E-state index contributed by atoms with van der Waals surface area (Å²) >= 11 is 0. The maximum atomic E-state index is 11.9. The molecule has 2 rings (SSSR count). The summed E-state index contributed by atoms with van der Waals surface area (Å²) in [6.45, 7) is 0.143. The van der Waals surface area contributed by atoms with Gasteiger partial charge in [0.25, 0.3) is 5.91 Å². The lowest BCUT2D eigenvalue weighted by molar-refractivity contribution is -0.129. The van der Waals surface area contributed by atoms with Crippen molar-refractivity contribution in [1.29, 1.82) is 0 Å². The van der Waals surface area contributed by atoms with Crippen LogP contribution in [0.5, 0.6) is 5.75 Å². The van der Waals surface area contributed by atoms with Crippen molar-refractivity contribution in [3.63, 3.8) is 0 Å². The van der Waals surface area contributed by atoms with Crippen LogP contribution in [0.4, 0.5) is 0 Å². The van der Waals surface area contributed by atoms with Crippen LogP contribution in [-0.4, -0.2) is 23.8 Å². The van der Waals surface area contributed by atoms with E-state index in [4.69, 9.17) is 11.2 Å². The molecule has 23 heavy (non-hydrogen) atoms. The van der Waals surface area contributed by atoms with E-state index in [0.717, 1.165) is 0 Å². The maximum Gasteiger partial charge on any atom is 0.273 e. The maximum absolute atomic E-state index is 11.9. The third kappa shape index (κ3) is 4.70. The van der Waals surface area contributed by atoms with Crippen LogP contribution >= 0.6 is 0 Å². The number of aliphatic hydroxyl groups is 1. The number of nitrogens with one attached hydrogen (secondary N) is 1. The summed E-state index contributed by atoms with van der Waals surface area (Å²) in [6, 6.07) is 15.8. The molecular formula is C18H16N2O3. The second-order valence-electron chi connectivity index (χ2n) is 4.58. The zero-order valence-electron chi connectivity index (χ0n) is 12.3. The standard InChI is InChI=1S/C18H16N2O3/c1-2-12-23-16-11-7-6-10-15(16)13-19-20-18(22)17(21)14-8-4-3-5-9-14/h1,3-11,13,17,21H,12H2,(H,20,22)/t17-/m0/s1. The van der Waals surface area contributed by atoms with Crippen molar-refractivity contribution < 1.29 is 14.6 Å². The van der Waals surface area contributed by atoms with Crippen LogP contribution in [0.3, 0.4) is 0 Å². The van der Waals surface area contributed by atoms with Crippen LogP contribution in [0.1, 0.15) is 17.2 Å². The van der Waals surface area contributed by atoms with Crippen LogP contribution in [0.2, 0.25) is 0 Å². The fourth-order valence-corrected chi connectivity index (χ4v) is 1.85. The molecule has 0 radical (unpaired) electrons. The first kappa shape index (κ1) is 16.3. The van der Waals surface area contributed by atoms with E-state index in [1.165, 1.54) is 6.21 Å². The number of benzene rings is 2. The second-order valence-corrected chi connectivity index (χ2v) is 4.58. The van der Waals surface area contributed by atoms with Gasteiger partial charge in [-0.2, -0.15) is 5.10 Å². The number of hydrogen-bond donors (Lipinski definition) is 2. The first-order chi connectivity index (χ1) is 11.2. The van der Waals surface area contributed by atoms with E-state index in [1.54, 1.807) is 48.5 Å². The predicted octanol–water partition coefficient (Wildman–Crippen LogP) is 1.88. The van der Waals surface area contributed by atoms with Gasteiger partial charge in [-0.1, -0.05) is 48.4 Å². The van der Waals surface area contributed by atoms with Crippen molar-refractivity contribution in [1.82, 2.24) is 5.43 Å². The van der Waals surface area contributed by atoms with Gasteiger partial charge < -0.3 is 9.84 Å². The molecule has 2 aromatic rings. The Morgan fingerprint density at radius 3 is 2.70 bits per heavy atom. The van der Waals surface area contributed by atoms with Gasteiger partial charge in [0.15, 0.2) is 6.10 Å². The van der Waals surface area contributed by atoms with Crippen LogP contribution in [0, 0.1) is 12.3 Å². The Morgan fingerprint density at radius 1 is 1.26 bits per heavy atom. The average Bonchev–Trinajstić information content (AvgIpc) is 2.61. The van der Waals surface area contributed by atoms with Gasteiger partial charge in [-0.25, -0.2) is 5.43 Å². The number of aliphatic hydroxyl groups excluding tert-OH is 1. The molecule has 0 aliphatic rings. The van der Waals surface area contributed by atoms with Crippen molar-refractivity contribution >= 4 is 12.1 Å². The molecule has 0 heterocycles. The summed E-state index contributed by atoms with van der Waals surface area (Å²) in [6.07, 6.45) is 5.32. The van der Waals surface area contributed by atoms with Gasteiger partial charge in [-0.05, 0) is 17.7 Å². The summed E-state index contributed by atoms with van der Waals surface area (Å²) in [5, 5.41) is 13.8. The third-order valence-corrected chi connectivity index (χ3v) is 2.97. The monoisotopic (exact) mass is 308 g/mol. The normalized spacial score (nSPS) is 11.7. The van der Waals surface area contributed by atoms with Gasteiger partial charge in [0.2, 0.25) is 0 Å². The lowest BCUT2D eigenvalue weighted by Crippen LogP contribution is -2.25. The highest BCUT2D eigenvalue weighted by atomic mass is 16.5. The Morgan fingerprint density at radius 2 is 1.96 bits per heavy atom. The minimum Gasteiger partial charge on any atom is -0.480 e. The number of carbonyl (C=O) groups is 1. The summed E-state index contributed by atoms with van der Waals surface area (Å²) < 4.78 is 5.37. The van der Waals surface area contributed by atoms with Crippen LogP contribution in [0.15, 0.2) is 59.7 Å². The zero-order valence-corrected chi connectivity index (χ0v) is 12.3. The number of amides is 1. The Bertz CT molecular complexity index is 721. The van der Waals surface area contributed by atoms with Gasteiger partial charge in [-0.15, -0.1) is 6.42 Å². The first-order valence-electron chi connectivity index (χ1n) is 6.93. The number of rotatable bonds is 6. The number of nitrogens with zero attached hydrogens (tertiary/aromatic N) is 1. The fourth-order valence-electron chi connectivity index (χ4n) is 1.85. The SMILES string of the molecule is C#CCOc1ccccc1C=NNC(=O)[C@@H](O)c1ccccc1. The molecule has 0 aromatic heterocycles. The molecule has 1 amide bonds. The fraction of sp³-hybridized carbons (Fsp3) is 0.111. The minimum atomic E-state index is -1.28. The smallest absolute Gasteiger partial charge is 0.273 e. The molecule has 5 nitrogen and oxygen atoms in total. The zero-order chi connectivity index (χ0) is 16.5.